The fourth-order valence-corrected chi connectivity index (χ4v) is 2.10. The number of nitrogens with one attached hydrogen (secondary N) is 2. The van der Waals surface area contributed by atoms with Crippen LogP contribution in [-0.2, 0) is 0 Å². The maximum Gasteiger partial charge on any atom is 0.319 e. The average molecular weight is 319 g/mol. The molecule has 1 unspecified atom stereocenters. The predicted molar refractivity (Wildman–Crippen MR) is 80.7 cm³/mol. The summed E-state index contributed by atoms with van der Waals surface area (Å²) in [6.07, 6.45) is 0. The van der Waals surface area contributed by atoms with E-state index in [9.17, 15) is 4.79 Å². The second-order valence-electron chi connectivity index (χ2n) is 4.50. The lowest BCUT2D eigenvalue weighted by molar-refractivity contribution is 0.248. The van der Waals surface area contributed by atoms with Gasteiger partial charge in [0, 0.05) is 15.7 Å². The molecule has 8 heteroatoms. The van der Waals surface area contributed by atoms with Gasteiger partial charge in [0.2, 0.25) is 0 Å². The number of amides is 2. The second-order valence-corrected chi connectivity index (χ2v) is 5.38. The number of anilines is 1. The van der Waals surface area contributed by atoms with Crippen LogP contribution in [-0.4, -0.2) is 23.1 Å². The van der Waals surface area contributed by atoms with Gasteiger partial charge in [-0.3, -0.25) is 0 Å². The Morgan fingerprint density at radius 2 is 1.85 bits per heavy atom. The van der Waals surface area contributed by atoms with E-state index < -0.39 is 12.1 Å². The van der Waals surface area contributed by atoms with Crippen molar-refractivity contribution in [1.29, 1.82) is 0 Å². The van der Waals surface area contributed by atoms with Gasteiger partial charge in [-0.05, 0) is 24.1 Å². The van der Waals surface area contributed by atoms with Crippen LogP contribution < -0.4 is 16.4 Å². The van der Waals surface area contributed by atoms with Crippen molar-refractivity contribution in [3.63, 3.8) is 0 Å². The number of benzene rings is 1. The Balaban J connectivity index is 2.75. The summed E-state index contributed by atoms with van der Waals surface area (Å²) in [5, 5.41) is 17.6. The SMILES string of the molecule is CC(C)C(NC(=O)Nc1cc(Cl)cc(Cl)c1)/C(N)=N/O. The van der Waals surface area contributed by atoms with Crippen LogP contribution in [0.5, 0.6) is 0 Å². The van der Waals surface area contributed by atoms with Gasteiger partial charge >= 0.3 is 6.03 Å². The molecule has 5 N–H and O–H groups in total. The van der Waals surface area contributed by atoms with Crippen molar-refractivity contribution < 1.29 is 10.0 Å². The molecular formula is C12H16Cl2N4O2. The number of nitrogens with two attached hydrogens (primary N) is 1. The number of oxime groups is 1. The Labute approximate surface area is 126 Å². The monoisotopic (exact) mass is 318 g/mol. The lowest BCUT2D eigenvalue weighted by atomic mass is 10.0. The van der Waals surface area contributed by atoms with E-state index in [4.69, 9.17) is 34.1 Å². The number of carbonyl (C=O) groups is 1. The maximum atomic E-state index is 11.9. The molecular weight excluding hydrogens is 303 g/mol. The summed E-state index contributed by atoms with van der Waals surface area (Å²) in [4.78, 5) is 11.9. The molecule has 1 atom stereocenters. The number of nitrogens with zero attached hydrogens (tertiary/aromatic N) is 1. The fourth-order valence-electron chi connectivity index (χ4n) is 1.58. The molecule has 0 aliphatic rings. The highest BCUT2D eigenvalue weighted by molar-refractivity contribution is 6.35. The highest BCUT2D eigenvalue weighted by atomic mass is 35.5. The summed E-state index contributed by atoms with van der Waals surface area (Å²) in [7, 11) is 0. The Kier molecular flexibility index (Phi) is 5.91. The molecule has 110 valence electrons. The average Bonchev–Trinajstić information content (AvgIpc) is 2.33. The van der Waals surface area contributed by atoms with E-state index in [1.54, 1.807) is 18.2 Å². The highest BCUT2D eigenvalue weighted by Gasteiger charge is 2.20. The Morgan fingerprint density at radius 1 is 1.30 bits per heavy atom. The largest absolute Gasteiger partial charge is 0.409 e. The third kappa shape index (κ3) is 4.79. The quantitative estimate of drug-likeness (QED) is 0.297. The predicted octanol–water partition coefficient (Wildman–Crippen LogP) is 2.89. The smallest absolute Gasteiger partial charge is 0.319 e. The number of rotatable bonds is 4. The minimum atomic E-state index is -0.588. The summed E-state index contributed by atoms with van der Waals surface area (Å²) in [6, 6.07) is 3.57. The van der Waals surface area contributed by atoms with Crippen LogP contribution in [0.2, 0.25) is 10.0 Å². The maximum absolute atomic E-state index is 11.9. The summed E-state index contributed by atoms with van der Waals surface area (Å²) < 4.78 is 0. The van der Waals surface area contributed by atoms with Crippen LogP contribution >= 0.6 is 23.2 Å². The topological polar surface area (TPSA) is 99.7 Å². The standard InChI is InChI=1S/C12H16Cl2N4O2/c1-6(2)10(11(15)18-20)17-12(19)16-9-4-7(13)3-8(14)5-9/h3-6,10,20H,1-2H3,(H2,15,18)(H2,16,17,19). The summed E-state index contributed by atoms with van der Waals surface area (Å²) in [5.74, 6) is -0.112. The molecule has 1 rings (SSSR count). The minimum absolute atomic E-state index is 0.0420. The molecule has 0 aliphatic carbocycles. The van der Waals surface area contributed by atoms with Crippen molar-refractivity contribution in [2.45, 2.75) is 19.9 Å². The van der Waals surface area contributed by atoms with Gasteiger partial charge < -0.3 is 21.6 Å². The number of hydrogen-bond donors (Lipinski definition) is 4. The van der Waals surface area contributed by atoms with Gasteiger partial charge in [0.05, 0.1) is 6.04 Å². The van der Waals surface area contributed by atoms with E-state index in [-0.39, 0.29) is 11.8 Å². The molecule has 0 aliphatic heterocycles. The second kappa shape index (κ2) is 7.21. The van der Waals surface area contributed by atoms with Gasteiger partial charge in [-0.25, -0.2) is 4.79 Å². The molecule has 1 aromatic carbocycles. The number of urea groups is 1. The lowest BCUT2D eigenvalue weighted by Crippen LogP contribution is -2.49. The third-order valence-electron chi connectivity index (χ3n) is 2.51. The molecule has 0 radical (unpaired) electrons. The lowest BCUT2D eigenvalue weighted by Gasteiger charge is -2.21. The first-order valence-electron chi connectivity index (χ1n) is 5.84. The number of halogens is 2. The van der Waals surface area contributed by atoms with Gasteiger partial charge in [0.1, 0.15) is 0 Å². The van der Waals surface area contributed by atoms with Crippen LogP contribution in [0.25, 0.3) is 0 Å². The number of hydrogen-bond acceptors (Lipinski definition) is 3. The zero-order chi connectivity index (χ0) is 15.3. The van der Waals surface area contributed by atoms with E-state index in [1.165, 1.54) is 0 Å². The van der Waals surface area contributed by atoms with E-state index in [1.807, 2.05) is 13.8 Å². The van der Waals surface area contributed by atoms with Crippen molar-refractivity contribution >= 4 is 40.8 Å². The van der Waals surface area contributed by atoms with Crippen LogP contribution in [0.4, 0.5) is 10.5 Å². The van der Waals surface area contributed by atoms with Gasteiger partial charge in [-0.15, -0.1) is 0 Å². The normalized spacial score (nSPS) is 13.2. The summed E-state index contributed by atoms with van der Waals surface area (Å²) >= 11 is 11.7. The van der Waals surface area contributed by atoms with Crippen molar-refractivity contribution in [2.75, 3.05) is 5.32 Å². The van der Waals surface area contributed by atoms with Gasteiger partial charge in [0.25, 0.3) is 0 Å². The highest BCUT2D eigenvalue weighted by Crippen LogP contribution is 2.22. The van der Waals surface area contributed by atoms with E-state index in [0.717, 1.165) is 0 Å². The third-order valence-corrected chi connectivity index (χ3v) is 2.94. The molecule has 6 nitrogen and oxygen atoms in total. The Hall–Kier alpha value is -1.66. The molecule has 2 amide bonds. The number of amidine groups is 1. The van der Waals surface area contributed by atoms with Crippen LogP contribution in [0.15, 0.2) is 23.4 Å². The number of carbonyl (C=O) groups excluding carboxylic acids is 1. The zero-order valence-electron chi connectivity index (χ0n) is 11.0. The van der Waals surface area contributed by atoms with Crippen molar-refractivity contribution in [2.24, 2.45) is 16.8 Å². The summed E-state index contributed by atoms with van der Waals surface area (Å²) in [6.45, 7) is 3.67. The van der Waals surface area contributed by atoms with Gasteiger partial charge in [-0.1, -0.05) is 42.2 Å². The molecule has 0 bridgehead atoms. The summed E-state index contributed by atoms with van der Waals surface area (Å²) in [5.41, 5.74) is 5.97. The van der Waals surface area contributed by atoms with Crippen molar-refractivity contribution in [3.8, 4) is 0 Å². The van der Waals surface area contributed by atoms with Gasteiger partial charge in [0.15, 0.2) is 5.84 Å². The first-order chi connectivity index (χ1) is 9.33. The van der Waals surface area contributed by atoms with Crippen molar-refractivity contribution in [3.05, 3.63) is 28.2 Å². The molecule has 0 aromatic heterocycles. The Bertz CT molecular complexity index is 500. The Morgan fingerprint density at radius 3 is 2.30 bits per heavy atom. The first kappa shape index (κ1) is 16.4. The first-order valence-corrected chi connectivity index (χ1v) is 6.60. The van der Waals surface area contributed by atoms with Crippen LogP contribution in [0.1, 0.15) is 13.8 Å². The fraction of sp³-hybridized carbons (Fsp3) is 0.333. The molecule has 0 saturated heterocycles. The molecule has 20 heavy (non-hydrogen) atoms. The molecule has 0 fully saturated rings. The van der Waals surface area contributed by atoms with Gasteiger partial charge in [-0.2, -0.15) is 0 Å². The van der Waals surface area contributed by atoms with Crippen LogP contribution in [0.3, 0.4) is 0 Å². The molecule has 1 aromatic rings. The molecule has 0 saturated carbocycles. The van der Waals surface area contributed by atoms with Crippen LogP contribution in [0, 0.1) is 5.92 Å². The molecule has 0 spiro atoms. The van der Waals surface area contributed by atoms with E-state index >= 15 is 0 Å². The van der Waals surface area contributed by atoms with E-state index in [2.05, 4.69) is 15.8 Å². The van der Waals surface area contributed by atoms with E-state index in [0.29, 0.717) is 15.7 Å². The van der Waals surface area contributed by atoms with Crippen molar-refractivity contribution in [1.82, 2.24) is 5.32 Å². The minimum Gasteiger partial charge on any atom is -0.409 e. The molecule has 0 heterocycles. The zero-order valence-corrected chi connectivity index (χ0v) is 12.5.